The van der Waals surface area contributed by atoms with Gasteiger partial charge in [0.05, 0.1) is 17.1 Å². The van der Waals surface area contributed by atoms with Crippen molar-refractivity contribution in [3.63, 3.8) is 0 Å². The summed E-state index contributed by atoms with van der Waals surface area (Å²) >= 11 is 0. The van der Waals surface area contributed by atoms with E-state index < -0.39 is 0 Å². The van der Waals surface area contributed by atoms with E-state index in [-0.39, 0.29) is 11.8 Å². The van der Waals surface area contributed by atoms with E-state index in [1.165, 1.54) is 0 Å². The molecule has 1 aliphatic heterocycles. The first-order chi connectivity index (χ1) is 14.7. The first-order valence-corrected chi connectivity index (χ1v) is 9.76. The van der Waals surface area contributed by atoms with E-state index in [0.717, 1.165) is 29.6 Å². The summed E-state index contributed by atoms with van der Waals surface area (Å²) < 4.78 is 1.65. The minimum absolute atomic E-state index is 0.00850. The Kier molecular flexibility index (Phi) is 4.44. The molecule has 9 heteroatoms. The predicted molar refractivity (Wildman–Crippen MR) is 110 cm³/mol. The number of carbonyl (C=O) groups is 1. The minimum atomic E-state index is -0.00850. The van der Waals surface area contributed by atoms with Crippen LogP contribution in [0.1, 0.15) is 23.2 Å². The SMILES string of the molecule is N#CC1CCN(C(=O)c2ccc(Nc3nc4ccccc4n4nnnc34)cc2)CC1. The summed E-state index contributed by atoms with van der Waals surface area (Å²) in [5.41, 5.74) is 3.52. The number of fused-ring (bicyclic) bond motifs is 3. The molecule has 148 valence electrons. The van der Waals surface area contributed by atoms with Crippen LogP contribution in [0.15, 0.2) is 48.5 Å². The van der Waals surface area contributed by atoms with Crippen molar-refractivity contribution in [3.05, 3.63) is 54.1 Å². The van der Waals surface area contributed by atoms with E-state index in [1.807, 2.05) is 41.3 Å². The summed E-state index contributed by atoms with van der Waals surface area (Å²) in [7, 11) is 0. The Hall–Kier alpha value is -4.06. The summed E-state index contributed by atoms with van der Waals surface area (Å²) in [6.45, 7) is 1.24. The zero-order valence-electron chi connectivity index (χ0n) is 16.1. The van der Waals surface area contributed by atoms with Crippen LogP contribution in [0.25, 0.3) is 16.7 Å². The maximum absolute atomic E-state index is 12.7. The van der Waals surface area contributed by atoms with E-state index in [1.54, 1.807) is 16.6 Å². The standard InChI is InChI=1S/C21H18N8O/c22-13-14-9-11-28(12-10-14)21(30)15-5-7-16(8-6-15)23-19-20-25-26-27-29(20)18-4-2-1-3-17(18)24-19/h1-8,14H,9-12H2,(H,23,24). The molecule has 1 N–H and O–H groups in total. The molecule has 1 amide bonds. The molecule has 0 unspecified atom stereocenters. The summed E-state index contributed by atoms with van der Waals surface area (Å²) in [5.74, 6) is 0.584. The van der Waals surface area contributed by atoms with Gasteiger partial charge in [0.2, 0.25) is 5.65 Å². The summed E-state index contributed by atoms with van der Waals surface area (Å²) in [6.07, 6.45) is 1.47. The lowest BCUT2D eigenvalue weighted by atomic mass is 9.98. The Morgan fingerprint density at radius 2 is 1.87 bits per heavy atom. The summed E-state index contributed by atoms with van der Waals surface area (Å²) in [4.78, 5) is 19.2. The number of rotatable bonds is 3. The third-order valence-corrected chi connectivity index (χ3v) is 5.38. The number of hydrogen-bond acceptors (Lipinski definition) is 7. The number of hydrogen-bond donors (Lipinski definition) is 1. The zero-order chi connectivity index (χ0) is 20.5. The second kappa shape index (κ2) is 7.40. The van der Waals surface area contributed by atoms with Crippen LogP contribution in [0, 0.1) is 17.2 Å². The van der Waals surface area contributed by atoms with Gasteiger partial charge in [-0.3, -0.25) is 4.79 Å². The van der Waals surface area contributed by atoms with Gasteiger partial charge in [0.25, 0.3) is 5.91 Å². The number of nitriles is 1. The van der Waals surface area contributed by atoms with Crippen LogP contribution in [-0.2, 0) is 0 Å². The molecule has 0 atom stereocenters. The third kappa shape index (κ3) is 3.18. The lowest BCUT2D eigenvalue weighted by Gasteiger charge is -2.29. The number of piperidine rings is 1. The van der Waals surface area contributed by atoms with Crippen LogP contribution >= 0.6 is 0 Å². The lowest BCUT2D eigenvalue weighted by Crippen LogP contribution is -2.38. The molecule has 0 radical (unpaired) electrons. The maximum atomic E-state index is 12.7. The quantitative estimate of drug-likeness (QED) is 0.565. The molecule has 0 bridgehead atoms. The molecular weight excluding hydrogens is 380 g/mol. The minimum Gasteiger partial charge on any atom is -0.339 e. The Morgan fingerprint density at radius 1 is 1.10 bits per heavy atom. The monoisotopic (exact) mass is 398 g/mol. The van der Waals surface area contributed by atoms with Crippen LogP contribution in [0.5, 0.6) is 0 Å². The van der Waals surface area contributed by atoms with Gasteiger partial charge in [-0.05, 0) is 59.7 Å². The Morgan fingerprint density at radius 3 is 2.63 bits per heavy atom. The van der Waals surface area contributed by atoms with Crippen molar-refractivity contribution >= 4 is 34.1 Å². The van der Waals surface area contributed by atoms with Crippen LogP contribution in [0.3, 0.4) is 0 Å². The van der Waals surface area contributed by atoms with Crippen molar-refractivity contribution in [2.24, 2.45) is 5.92 Å². The van der Waals surface area contributed by atoms with Gasteiger partial charge in [-0.2, -0.15) is 9.78 Å². The summed E-state index contributed by atoms with van der Waals surface area (Å²) in [5, 5.41) is 24.2. The normalized spacial score (nSPS) is 14.7. The number of tetrazole rings is 1. The number of para-hydroxylation sites is 2. The first kappa shape index (κ1) is 18.0. The van der Waals surface area contributed by atoms with Gasteiger partial charge in [-0.1, -0.05) is 12.1 Å². The smallest absolute Gasteiger partial charge is 0.253 e. The molecular formula is C21H18N8O. The van der Waals surface area contributed by atoms with Crippen molar-refractivity contribution in [1.29, 1.82) is 5.26 Å². The van der Waals surface area contributed by atoms with E-state index in [9.17, 15) is 4.79 Å². The predicted octanol–water partition coefficient (Wildman–Crippen LogP) is 2.79. The Labute approximate surface area is 171 Å². The zero-order valence-corrected chi connectivity index (χ0v) is 16.1. The number of benzene rings is 2. The number of carbonyl (C=O) groups excluding carboxylic acids is 1. The number of likely N-dealkylation sites (tertiary alicyclic amines) is 1. The maximum Gasteiger partial charge on any atom is 0.253 e. The number of anilines is 2. The molecule has 1 fully saturated rings. The van der Waals surface area contributed by atoms with E-state index in [0.29, 0.717) is 30.1 Å². The van der Waals surface area contributed by atoms with Gasteiger partial charge in [-0.25, -0.2) is 4.98 Å². The highest BCUT2D eigenvalue weighted by atomic mass is 16.2. The molecule has 5 rings (SSSR count). The van der Waals surface area contributed by atoms with Crippen LogP contribution < -0.4 is 5.32 Å². The number of nitrogens with zero attached hydrogens (tertiary/aromatic N) is 7. The van der Waals surface area contributed by atoms with Gasteiger partial charge in [-0.15, -0.1) is 5.10 Å². The fraction of sp³-hybridized carbons (Fsp3) is 0.238. The Balaban J connectivity index is 1.37. The van der Waals surface area contributed by atoms with E-state index >= 15 is 0 Å². The highest BCUT2D eigenvalue weighted by molar-refractivity contribution is 5.94. The van der Waals surface area contributed by atoms with Gasteiger partial charge < -0.3 is 10.2 Å². The van der Waals surface area contributed by atoms with Gasteiger partial charge >= 0.3 is 0 Å². The molecule has 30 heavy (non-hydrogen) atoms. The molecule has 2 aromatic heterocycles. The van der Waals surface area contributed by atoms with Gasteiger partial charge in [0, 0.05) is 30.3 Å². The molecule has 0 saturated carbocycles. The van der Waals surface area contributed by atoms with Crippen molar-refractivity contribution in [2.75, 3.05) is 18.4 Å². The topological polar surface area (TPSA) is 112 Å². The largest absolute Gasteiger partial charge is 0.339 e. The van der Waals surface area contributed by atoms with E-state index in [4.69, 9.17) is 5.26 Å². The molecule has 3 heterocycles. The third-order valence-electron chi connectivity index (χ3n) is 5.38. The fourth-order valence-corrected chi connectivity index (χ4v) is 3.72. The second-order valence-corrected chi connectivity index (χ2v) is 7.26. The average Bonchev–Trinajstić information content (AvgIpc) is 3.30. The highest BCUT2D eigenvalue weighted by Crippen LogP contribution is 2.23. The van der Waals surface area contributed by atoms with Crippen molar-refractivity contribution < 1.29 is 4.79 Å². The Bertz CT molecular complexity index is 1270. The molecule has 9 nitrogen and oxygen atoms in total. The molecule has 1 aliphatic rings. The fourth-order valence-electron chi connectivity index (χ4n) is 3.72. The molecule has 4 aromatic rings. The molecule has 0 aliphatic carbocycles. The molecule has 0 spiro atoms. The van der Waals surface area contributed by atoms with Crippen LogP contribution in [0.4, 0.5) is 11.5 Å². The van der Waals surface area contributed by atoms with Gasteiger partial charge in [0.1, 0.15) is 0 Å². The first-order valence-electron chi connectivity index (χ1n) is 9.76. The van der Waals surface area contributed by atoms with Crippen molar-refractivity contribution in [1.82, 2.24) is 29.9 Å². The second-order valence-electron chi connectivity index (χ2n) is 7.26. The van der Waals surface area contributed by atoms with Crippen LogP contribution in [0.2, 0.25) is 0 Å². The van der Waals surface area contributed by atoms with Crippen LogP contribution in [-0.4, -0.2) is 48.9 Å². The van der Waals surface area contributed by atoms with Crippen molar-refractivity contribution in [2.45, 2.75) is 12.8 Å². The lowest BCUT2D eigenvalue weighted by molar-refractivity contribution is 0.0707. The number of nitrogens with one attached hydrogen (secondary N) is 1. The van der Waals surface area contributed by atoms with E-state index in [2.05, 4.69) is 31.9 Å². The molecule has 2 aromatic carbocycles. The summed E-state index contributed by atoms with van der Waals surface area (Å²) in [6, 6.07) is 17.2. The average molecular weight is 398 g/mol. The highest BCUT2D eigenvalue weighted by Gasteiger charge is 2.23. The molecule has 1 saturated heterocycles. The van der Waals surface area contributed by atoms with Crippen molar-refractivity contribution in [3.8, 4) is 6.07 Å². The van der Waals surface area contributed by atoms with Gasteiger partial charge in [0.15, 0.2) is 5.82 Å². The number of amides is 1. The number of aromatic nitrogens is 5.